The summed E-state index contributed by atoms with van der Waals surface area (Å²) in [6, 6.07) is 49.1. The van der Waals surface area contributed by atoms with E-state index in [0.29, 0.717) is 0 Å². The van der Waals surface area contributed by atoms with E-state index in [4.69, 9.17) is 9.97 Å². The second-order valence-electron chi connectivity index (χ2n) is 11.4. The Hall–Kier alpha value is -5.54. The fourth-order valence-electron chi connectivity index (χ4n) is 6.58. The molecule has 44 heavy (non-hydrogen) atoms. The summed E-state index contributed by atoms with van der Waals surface area (Å²) in [5.74, 6) is 0.730. The molecule has 3 nitrogen and oxygen atoms in total. The van der Waals surface area contributed by atoms with Crippen molar-refractivity contribution in [3.05, 3.63) is 168 Å². The Morgan fingerprint density at radius 2 is 1.16 bits per heavy atom. The Balaban J connectivity index is 1.27. The van der Waals surface area contributed by atoms with E-state index in [1.165, 1.54) is 44.5 Å². The second kappa shape index (κ2) is 10.9. The third-order valence-electron chi connectivity index (χ3n) is 8.62. The van der Waals surface area contributed by atoms with E-state index in [1.54, 1.807) is 0 Å². The van der Waals surface area contributed by atoms with Gasteiger partial charge in [-0.05, 0) is 66.8 Å². The topological polar surface area (TPSA) is 30.7 Å². The standard InChI is InChI=1S/C41H31N3/c1-28-26-32(41-42-35(30-16-7-3-8-17-30)27-36(43-41)31-18-9-4-10-19-31)24-25-37(28)44-38-22-12-11-20-34(38)40-33(21-13-23-39(40)44)29-14-5-2-6-15-29/h2-12,14-22,24-27H,13,23H2,1H3. The minimum atomic E-state index is 0.730. The van der Waals surface area contributed by atoms with Crippen LogP contribution in [-0.4, -0.2) is 14.5 Å². The Bertz CT molecular complexity index is 2100. The van der Waals surface area contributed by atoms with Crippen molar-refractivity contribution in [3.8, 4) is 39.6 Å². The van der Waals surface area contributed by atoms with Crippen LogP contribution in [0.3, 0.4) is 0 Å². The van der Waals surface area contributed by atoms with Gasteiger partial charge in [0.05, 0.1) is 16.9 Å². The van der Waals surface area contributed by atoms with Crippen LogP contribution in [0.15, 0.2) is 146 Å². The molecule has 2 heterocycles. The van der Waals surface area contributed by atoms with Gasteiger partial charge in [0, 0.05) is 39.0 Å². The number of fused-ring (bicyclic) bond motifs is 3. The highest BCUT2D eigenvalue weighted by atomic mass is 15.0. The second-order valence-corrected chi connectivity index (χ2v) is 11.4. The zero-order chi connectivity index (χ0) is 29.5. The van der Waals surface area contributed by atoms with Crippen LogP contribution in [0, 0.1) is 6.92 Å². The SMILES string of the molecule is Cc1cc(-c2nc(-c3ccccc3)cc(-c3ccccc3)n2)ccc1-n1c2c(c3ccccc31)C(c1ccccc1)=CCC2. The van der Waals surface area contributed by atoms with Crippen LogP contribution in [0.5, 0.6) is 0 Å². The van der Waals surface area contributed by atoms with Crippen LogP contribution >= 0.6 is 0 Å². The smallest absolute Gasteiger partial charge is 0.160 e. The highest BCUT2D eigenvalue weighted by Gasteiger charge is 2.24. The van der Waals surface area contributed by atoms with E-state index >= 15 is 0 Å². The molecule has 1 aliphatic rings. The van der Waals surface area contributed by atoms with E-state index in [9.17, 15) is 0 Å². The first-order valence-corrected chi connectivity index (χ1v) is 15.2. The van der Waals surface area contributed by atoms with Crippen LogP contribution < -0.4 is 0 Å². The van der Waals surface area contributed by atoms with Gasteiger partial charge in [0.2, 0.25) is 0 Å². The summed E-state index contributed by atoms with van der Waals surface area (Å²) in [5.41, 5.74) is 14.0. The molecule has 0 bridgehead atoms. The largest absolute Gasteiger partial charge is 0.313 e. The molecular formula is C41H31N3. The van der Waals surface area contributed by atoms with Crippen LogP contribution in [-0.2, 0) is 6.42 Å². The summed E-state index contributed by atoms with van der Waals surface area (Å²) in [6.45, 7) is 2.20. The molecule has 0 spiro atoms. The number of aromatic nitrogens is 3. The number of benzene rings is 5. The molecule has 7 aromatic rings. The van der Waals surface area contributed by atoms with E-state index in [0.717, 1.165) is 46.7 Å². The zero-order valence-corrected chi connectivity index (χ0v) is 24.6. The molecule has 3 heteroatoms. The van der Waals surface area contributed by atoms with Crippen molar-refractivity contribution in [3.63, 3.8) is 0 Å². The van der Waals surface area contributed by atoms with Crippen molar-refractivity contribution >= 4 is 16.5 Å². The molecule has 0 atom stereocenters. The van der Waals surface area contributed by atoms with Gasteiger partial charge in [0.15, 0.2) is 5.82 Å². The lowest BCUT2D eigenvalue weighted by Crippen LogP contribution is -2.07. The molecule has 5 aromatic carbocycles. The van der Waals surface area contributed by atoms with Gasteiger partial charge in [-0.15, -0.1) is 0 Å². The quantitative estimate of drug-likeness (QED) is 0.208. The fraction of sp³-hybridized carbons (Fsp3) is 0.0732. The molecule has 8 rings (SSSR count). The maximum atomic E-state index is 5.07. The molecule has 0 saturated carbocycles. The Labute approximate surface area is 257 Å². The molecule has 1 aliphatic carbocycles. The number of para-hydroxylation sites is 1. The van der Waals surface area contributed by atoms with Gasteiger partial charge >= 0.3 is 0 Å². The number of aryl methyl sites for hydroxylation is 1. The number of rotatable bonds is 5. The Morgan fingerprint density at radius 1 is 0.568 bits per heavy atom. The average molecular weight is 566 g/mol. The number of hydrogen-bond donors (Lipinski definition) is 0. The monoisotopic (exact) mass is 565 g/mol. The predicted molar refractivity (Wildman–Crippen MR) is 182 cm³/mol. The first-order valence-electron chi connectivity index (χ1n) is 15.2. The fourth-order valence-corrected chi connectivity index (χ4v) is 6.58. The van der Waals surface area contributed by atoms with Crippen LogP contribution in [0.4, 0.5) is 0 Å². The van der Waals surface area contributed by atoms with Crippen molar-refractivity contribution in [1.82, 2.24) is 14.5 Å². The Kier molecular flexibility index (Phi) is 6.49. The molecule has 0 fully saturated rings. The summed E-state index contributed by atoms with van der Waals surface area (Å²) >= 11 is 0. The van der Waals surface area contributed by atoms with Crippen LogP contribution in [0.2, 0.25) is 0 Å². The molecule has 0 saturated heterocycles. The predicted octanol–water partition coefficient (Wildman–Crippen LogP) is 10.1. The minimum Gasteiger partial charge on any atom is -0.313 e. The van der Waals surface area contributed by atoms with Crippen molar-refractivity contribution < 1.29 is 0 Å². The molecule has 0 amide bonds. The molecule has 0 N–H and O–H groups in total. The first-order chi connectivity index (χ1) is 21.7. The number of allylic oxidation sites excluding steroid dienone is 1. The van der Waals surface area contributed by atoms with Crippen molar-refractivity contribution in [2.75, 3.05) is 0 Å². The summed E-state index contributed by atoms with van der Waals surface area (Å²) in [7, 11) is 0. The van der Waals surface area contributed by atoms with E-state index in [1.807, 2.05) is 12.1 Å². The van der Waals surface area contributed by atoms with Gasteiger partial charge in [0.25, 0.3) is 0 Å². The molecule has 0 radical (unpaired) electrons. The van der Waals surface area contributed by atoms with Crippen LogP contribution in [0.1, 0.15) is 28.8 Å². The van der Waals surface area contributed by atoms with Gasteiger partial charge < -0.3 is 4.57 Å². The molecular weight excluding hydrogens is 534 g/mol. The molecule has 2 aromatic heterocycles. The van der Waals surface area contributed by atoms with Gasteiger partial charge in [-0.3, -0.25) is 0 Å². The normalized spacial score (nSPS) is 12.6. The van der Waals surface area contributed by atoms with Crippen molar-refractivity contribution in [2.24, 2.45) is 0 Å². The third kappa shape index (κ3) is 4.54. The highest BCUT2D eigenvalue weighted by Crippen LogP contribution is 2.41. The van der Waals surface area contributed by atoms with E-state index < -0.39 is 0 Å². The van der Waals surface area contributed by atoms with Crippen LogP contribution in [0.25, 0.3) is 56.1 Å². The lowest BCUT2D eigenvalue weighted by molar-refractivity contribution is 0.880. The molecule has 0 aliphatic heterocycles. The number of hydrogen-bond acceptors (Lipinski definition) is 2. The lowest BCUT2D eigenvalue weighted by Gasteiger charge is -2.19. The van der Waals surface area contributed by atoms with E-state index in [-0.39, 0.29) is 0 Å². The maximum Gasteiger partial charge on any atom is 0.160 e. The van der Waals surface area contributed by atoms with Gasteiger partial charge in [-0.2, -0.15) is 0 Å². The Morgan fingerprint density at radius 3 is 1.80 bits per heavy atom. The number of nitrogens with zero attached hydrogens (tertiary/aromatic N) is 3. The average Bonchev–Trinajstić information content (AvgIpc) is 3.43. The van der Waals surface area contributed by atoms with Gasteiger partial charge in [-0.1, -0.05) is 115 Å². The maximum absolute atomic E-state index is 5.07. The van der Waals surface area contributed by atoms with E-state index in [2.05, 4.69) is 145 Å². The summed E-state index contributed by atoms with van der Waals surface area (Å²) in [5, 5.41) is 1.30. The third-order valence-corrected chi connectivity index (χ3v) is 8.62. The highest BCUT2D eigenvalue weighted by molar-refractivity contribution is 6.00. The summed E-state index contributed by atoms with van der Waals surface area (Å²) < 4.78 is 2.48. The molecule has 210 valence electrons. The lowest BCUT2D eigenvalue weighted by atomic mass is 9.89. The summed E-state index contributed by atoms with van der Waals surface area (Å²) in [6.07, 6.45) is 4.43. The first kappa shape index (κ1) is 26.1. The van der Waals surface area contributed by atoms with Gasteiger partial charge in [0.1, 0.15) is 0 Å². The molecule has 0 unspecified atom stereocenters. The van der Waals surface area contributed by atoms with Gasteiger partial charge in [-0.25, -0.2) is 9.97 Å². The van der Waals surface area contributed by atoms with Crippen molar-refractivity contribution in [1.29, 1.82) is 0 Å². The summed E-state index contributed by atoms with van der Waals surface area (Å²) in [4.78, 5) is 10.1. The zero-order valence-electron chi connectivity index (χ0n) is 24.6. The van der Waals surface area contributed by atoms with Crippen molar-refractivity contribution in [2.45, 2.75) is 19.8 Å². The minimum absolute atomic E-state index is 0.730.